The molecule has 4 nitrogen and oxygen atoms in total. The highest BCUT2D eigenvalue weighted by atomic mass is 16.2. The van der Waals surface area contributed by atoms with Crippen LogP contribution >= 0.6 is 0 Å². The van der Waals surface area contributed by atoms with Crippen LogP contribution in [-0.2, 0) is 16.0 Å². The van der Waals surface area contributed by atoms with Crippen LogP contribution < -0.4 is 10.2 Å². The predicted octanol–water partition coefficient (Wildman–Crippen LogP) is 3.23. The molecule has 0 aromatic heterocycles. The van der Waals surface area contributed by atoms with Crippen molar-refractivity contribution in [3.05, 3.63) is 65.7 Å². The summed E-state index contributed by atoms with van der Waals surface area (Å²) in [7, 11) is 0. The average molecular weight is 322 g/mol. The van der Waals surface area contributed by atoms with Crippen molar-refractivity contribution in [2.24, 2.45) is 0 Å². The van der Waals surface area contributed by atoms with Crippen molar-refractivity contribution in [1.29, 1.82) is 0 Å². The van der Waals surface area contributed by atoms with Gasteiger partial charge in [-0.25, -0.2) is 0 Å². The third kappa shape index (κ3) is 3.65. The van der Waals surface area contributed by atoms with Crippen LogP contribution in [0.2, 0.25) is 0 Å². The lowest BCUT2D eigenvalue weighted by Gasteiger charge is -2.23. The van der Waals surface area contributed by atoms with Crippen molar-refractivity contribution >= 4 is 17.5 Å². The number of hydrogen-bond donors (Lipinski definition) is 1. The highest BCUT2D eigenvalue weighted by Gasteiger charge is 2.24. The molecule has 0 saturated carbocycles. The summed E-state index contributed by atoms with van der Waals surface area (Å²) < 4.78 is 0. The molecule has 2 amide bonds. The molecule has 4 heteroatoms. The second-order valence-electron chi connectivity index (χ2n) is 6.16. The molecule has 1 atom stereocenters. The van der Waals surface area contributed by atoms with Crippen molar-refractivity contribution < 1.29 is 9.59 Å². The Kier molecular flexibility index (Phi) is 4.94. The minimum absolute atomic E-state index is 0.0162. The number of nitrogens with zero attached hydrogens (tertiary/aromatic N) is 1. The Balaban J connectivity index is 1.72. The Hall–Kier alpha value is -2.62. The molecule has 0 aliphatic carbocycles. The molecule has 0 bridgehead atoms. The summed E-state index contributed by atoms with van der Waals surface area (Å²) in [6.45, 7) is 2.01. The van der Waals surface area contributed by atoms with Gasteiger partial charge in [-0.15, -0.1) is 0 Å². The van der Waals surface area contributed by atoms with Gasteiger partial charge in [0.05, 0.1) is 6.04 Å². The van der Waals surface area contributed by atoms with E-state index < -0.39 is 0 Å². The zero-order chi connectivity index (χ0) is 16.9. The van der Waals surface area contributed by atoms with Crippen LogP contribution in [0.25, 0.3) is 0 Å². The molecule has 0 radical (unpaired) electrons. The number of benzene rings is 2. The van der Waals surface area contributed by atoms with Crippen LogP contribution in [0.15, 0.2) is 54.6 Å². The lowest BCUT2D eigenvalue weighted by atomic mass is 10.1. The number of rotatable bonds is 4. The molecule has 0 spiro atoms. The first kappa shape index (κ1) is 16.2. The predicted molar refractivity (Wildman–Crippen MR) is 94.7 cm³/mol. The fourth-order valence-electron chi connectivity index (χ4n) is 3.11. The van der Waals surface area contributed by atoms with Gasteiger partial charge in [0, 0.05) is 12.1 Å². The van der Waals surface area contributed by atoms with Crippen molar-refractivity contribution in [2.45, 2.75) is 32.2 Å². The maximum atomic E-state index is 12.5. The van der Waals surface area contributed by atoms with E-state index in [1.807, 2.05) is 61.5 Å². The van der Waals surface area contributed by atoms with E-state index in [9.17, 15) is 9.59 Å². The molecular formula is C20H22N2O2. The van der Waals surface area contributed by atoms with E-state index in [0.29, 0.717) is 6.42 Å². The molecule has 124 valence electrons. The summed E-state index contributed by atoms with van der Waals surface area (Å²) in [4.78, 5) is 26.5. The highest BCUT2D eigenvalue weighted by Crippen LogP contribution is 2.26. The van der Waals surface area contributed by atoms with Gasteiger partial charge in [-0.1, -0.05) is 48.5 Å². The molecule has 2 aromatic carbocycles. The van der Waals surface area contributed by atoms with E-state index in [1.165, 1.54) is 0 Å². The molecular weight excluding hydrogens is 300 g/mol. The molecule has 2 aromatic rings. The quantitative estimate of drug-likeness (QED) is 0.939. The summed E-state index contributed by atoms with van der Waals surface area (Å²) in [6.07, 6.45) is 2.19. The van der Waals surface area contributed by atoms with E-state index in [0.717, 1.165) is 29.7 Å². The number of fused-ring (bicyclic) bond motifs is 1. The number of carbonyl (C=O) groups is 2. The Morgan fingerprint density at radius 2 is 1.79 bits per heavy atom. The fraction of sp³-hybridized carbons (Fsp3) is 0.300. The smallest absolute Gasteiger partial charge is 0.240 e. The highest BCUT2D eigenvalue weighted by molar-refractivity contribution is 5.99. The molecule has 1 heterocycles. The van der Waals surface area contributed by atoms with E-state index in [2.05, 4.69) is 5.32 Å². The van der Waals surface area contributed by atoms with Gasteiger partial charge in [-0.2, -0.15) is 0 Å². The summed E-state index contributed by atoms with van der Waals surface area (Å²) in [5, 5.41) is 2.98. The largest absolute Gasteiger partial charge is 0.348 e. The number of anilines is 1. The third-order valence-corrected chi connectivity index (χ3v) is 4.40. The maximum absolute atomic E-state index is 12.5. The summed E-state index contributed by atoms with van der Waals surface area (Å²) in [5.74, 6) is -0.126. The van der Waals surface area contributed by atoms with Crippen LogP contribution in [-0.4, -0.2) is 18.4 Å². The van der Waals surface area contributed by atoms with Crippen LogP contribution in [0.1, 0.15) is 36.9 Å². The Morgan fingerprint density at radius 3 is 2.58 bits per heavy atom. The van der Waals surface area contributed by atoms with Crippen LogP contribution in [0.4, 0.5) is 5.69 Å². The van der Waals surface area contributed by atoms with Crippen LogP contribution in [0, 0.1) is 0 Å². The van der Waals surface area contributed by atoms with Crippen molar-refractivity contribution in [3.63, 3.8) is 0 Å². The number of amides is 2. The second kappa shape index (κ2) is 7.30. The van der Waals surface area contributed by atoms with Gasteiger partial charge in [0.25, 0.3) is 0 Å². The number of para-hydroxylation sites is 1. The van der Waals surface area contributed by atoms with Crippen LogP contribution in [0.3, 0.4) is 0 Å². The number of hydrogen-bond acceptors (Lipinski definition) is 2. The molecule has 0 unspecified atom stereocenters. The van der Waals surface area contributed by atoms with Gasteiger partial charge in [0.1, 0.15) is 6.54 Å². The number of carbonyl (C=O) groups excluding carboxylic acids is 2. The number of nitrogens with one attached hydrogen (secondary N) is 1. The van der Waals surface area contributed by atoms with E-state index in [-0.39, 0.29) is 24.4 Å². The number of aryl methyl sites for hydroxylation is 1. The molecule has 1 aliphatic heterocycles. The topological polar surface area (TPSA) is 49.4 Å². The fourth-order valence-corrected chi connectivity index (χ4v) is 3.11. The molecule has 24 heavy (non-hydrogen) atoms. The lowest BCUT2D eigenvalue weighted by molar-refractivity contribution is -0.124. The Bertz CT molecular complexity index is 727. The summed E-state index contributed by atoms with van der Waals surface area (Å²) >= 11 is 0. The first-order valence-corrected chi connectivity index (χ1v) is 8.38. The Morgan fingerprint density at radius 1 is 1.08 bits per heavy atom. The second-order valence-corrected chi connectivity index (χ2v) is 6.16. The third-order valence-electron chi connectivity index (χ3n) is 4.40. The van der Waals surface area contributed by atoms with Crippen molar-refractivity contribution in [1.82, 2.24) is 5.32 Å². The first-order chi connectivity index (χ1) is 11.6. The lowest BCUT2D eigenvalue weighted by Crippen LogP contribution is -2.41. The normalized spacial score (nSPS) is 15.4. The molecule has 3 rings (SSSR count). The molecule has 1 aliphatic rings. The minimum atomic E-state index is -0.142. The monoisotopic (exact) mass is 322 g/mol. The van der Waals surface area contributed by atoms with Crippen molar-refractivity contribution in [2.75, 3.05) is 11.4 Å². The molecule has 0 fully saturated rings. The van der Waals surface area contributed by atoms with Gasteiger partial charge in [0.2, 0.25) is 11.8 Å². The summed E-state index contributed by atoms with van der Waals surface area (Å²) in [5.41, 5.74) is 3.04. The molecule has 0 saturated heterocycles. The summed E-state index contributed by atoms with van der Waals surface area (Å²) in [6, 6.07) is 17.6. The average Bonchev–Trinajstić information content (AvgIpc) is 2.75. The SMILES string of the molecule is C[C@@H](NC(=O)CN1C(=O)CCCc2ccccc21)c1ccccc1. The van der Waals surface area contributed by atoms with E-state index >= 15 is 0 Å². The molecule has 1 N–H and O–H groups in total. The van der Waals surface area contributed by atoms with Gasteiger partial charge < -0.3 is 10.2 Å². The standard InChI is InChI=1S/C20H22N2O2/c1-15(16-8-3-2-4-9-16)21-19(23)14-22-18-12-6-5-10-17(18)11-7-13-20(22)24/h2-6,8-10,12,15H,7,11,13-14H2,1H3,(H,21,23)/t15-/m1/s1. The zero-order valence-corrected chi connectivity index (χ0v) is 13.9. The van der Waals surface area contributed by atoms with E-state index in [1.54, 1.807) is 4.90 Å². The van der Waals surface area contributed by atoms with Gasteiger partial charge in [-0.3, -0.25) is 9.59 Å². The zero-order valence-electron chi connectivity index (χ0n) is 13.9. The van der Waals surface area contributed by atoms with Crippen molar-refractivity contribution in [3.8, 4) is 0 Å². The van der Waals surface area contributed by atoms with E-state index in [4.69, 9.17) is 0 Å². The first-order valence-electron chi connectivity index (χ1n) is 8.38. The maximum Gasteiger partial charge on any atom is 0.240 e. The van der Waals surface area contributed by atoms with Crippen LogP contribution in [0.5, 0.6) is 0 Å². The Labute approximate surface area is 142 Å². The van der Waals surface area contributed by atoms with Gasteiger partial charge >= 0.3 is 0 Å². The van der Waals surface area contributed by atoms with Gasteiger partial charge in [-0.05, 0) is 37.0 Å². The van der Waals surface area contributed by atoms with Gasteiger partial charge in [0.15, 0.2) is 0 Å². The minimum Gasteiger partial charge on any atom is -0.348 e.